The first-order valence-electron chi connectivity index (χ1n) is 12.5. The van der Waals surface area contributed by atoms with Crippen LogP contribution in [0.3, 0.4) is 0 Å². The van der Waals surface area contributed by atoms with Crippen LogP contribution in [0.15, 0.2) is 42.0 Å². The predicted molar refractivity (Wildman–Crippen MR) is 132 cm³/mol. The average molecular weight is 494 g/mol. The lowest BCUT2D eigenvalue weighted by atomic mass is 9.94. The Morgan fingerprint density at radius 2 is 1.80 bits per heavy atom. The van der Waals surface area contributed by atoms with Gasteiger partial charge >= 0.3 is 0 Å². The van der Waals surface area contributed by atoms with E-state index < -0.39 is 6.04 Å². The van der Waals surface area contributed by atoms with Crippen LogP contribution in [0.1, 0.15) is 69.4 Å². The Morgan fingerprint density at radius 3 is 2.51 bits per heavy atom. The Bertz CT molecular complexity index is 1110. The molecule has 0 bridgehead atoms. The normalized spacial score (nSPS) is 17.8. The van der Waals surface area contributed by atoms with Crippen LogP contribution in [-0.2, 0) is 16.1 Å². The SMILES string of the molecule is O=C(NC1CCCCC1)[C@H](c1ccncc1)N(C(=O)Cn1nnc(-c2cccs2)n1)C1CCCC1. The van der Waals surface area contributed by atoms with Gasteiger partial charge in [0.15, 0.2) is 0 Å². The molecule has 5 rings (SSSR count). The van der Waals surface area contributed by atoms with E-state index in [1.807, 2.05) is 29.6 Å². The molecule has 0 aliphatic heterocycles. The van der Waals surface area contributed by atoms with Gasteiger partial charge in [0.25, 0.3) is 0 Å². The number of aromatic nitrogens is 5. The minimum atomic E-state index is -0.712. The molecule has 10 heteroatoms. The van der Waals surface area contributed by atoms with Gasteiger partial charge in [-0.05, 0) is 60.0 Å². The highest BCUT2D eigenvalue weighted by atomic mass is 32.1. The molecule has 0 radical (unpaired) electrons. The fourth-order valence-corrected chi connectivity index (χ4v) is 5.92. The van der Waals surface area contributed by atoms with Gasteiger partial charge in [-0.25, -0.2) is 0 Å². The molecule has 1 N–H and O–H groups in total. The Hall–Kier alpha value is -3.14. The van der Waals surface area contributed by atoms with Crippen molar-refractivity contribution in [3.8, 4) is 10.7 Å². The van der Waals surface area contributed by atoms with Crippen molar-refractivity contribution in [3.05, 3.63) is 47.6 Å². The van der Waals surface area contributed by atoms with Crippen molar-refractivity contribution in [2.24, 2.45) is 0 Å². The molecule has 0 aromatic carbocycles. The number of hydrogen-bond donors (Lipinski definition) is 1. The molecule has 184 valence electrons. The lowest BCUT2D eigenvalue weighted by Gasteiger charge is -2.37. The average Bonchev–Trinajstić information content (AvgIpc) is 3.66. The maximum atomic E-state index is 13.8. The van der Waals surface area contributed by atoms with E-state index in [-0.39, 0.29) is 30.4 Å². The molecule has 2 amide bonds. The maximum Gasteiger partial charge on any atom is 0.247 e. The zero-order valence-corrected chi connectivity index (χ0v) is 20.6. The van der Waals surface area contributed by atoms with E-state index in [0.29, 0.717) is 5.82 Å². The molecule has 3 aromatic heterocycles. The van der Waals surface area contributed by atoms with Crippen LogP contribution in [0.5, 0.6) is 0 Å². The first-order chi connectivity index (χ1) is 17.2. The molecule has 1 atom stereocenters. The highest BCUT2D eigenvalue weighted by Crippen LogP contribution is 2.32. The molecule has 0 unspecified atom stereocenters. The summed E-state index contributed by atoms with van der Waals surface area (Å²) in [5, 5.41) is 17.9. The summed E-state index contributed by atoms with van der Waals surface area (Å²) in [4.78, 5) is 35.7. The molecule has 0 saturated heterocycles. The van der Waals surface area contributed by atoms with Gasteiger partial charge in [-0.2, -0.15) is 4.80 Å². The van der Waals surface area contributed by atoms with Gasteiger partial charge in [0.05, 0.1) is 4.88 Å². The lowest BCUT2D eigenvalue weighted by molar-refractivity contribution is -0.144. The summed E-state index contributed by atoms with van der Waals surface area (Å²) >= 11 is 1.52. The van der Waals surface area contributed by atoms with Crippen LogP contribution >= 0.6 is 11.3 Å². The number of carbonyl (C=O) groups excluding carboxylic acids is 2. The molecule has 9 nitrogen and oxygen atoms in total. The summed E-state index contributed by atoms with van der Waals surface area (Å²) in [5.41, 5.74) is 0.777. The van der Waals surface area contributed by atoms with Crippen molar-refractivity contribution in [1.82, 2.24) is 35.4 Å². The van der Waals surface area contributed by atoms with Crippen LogP contribution in [0, 0.1) is 0 Å². The first kappa shape index (κ1) is 23.6. The Kier molecular flexibility index (Phi) is 7.46. The molecule has 3 aromatic rings. The van der Waals surface area contributed by atoms with Gasteiger partial charge in [-0.1, -0.05) is 38.2 Å². The summed E-state index contributed by atoms with van der Waals surface area (Å²) in [6.45, 7) is -0.0623. The maximum absolute atomic E-state index is 13.8. The van der Waals surface area contributed by atoms with E-state index in [0.717, 1.165) is 61.8 Å². The number of nitrogens with one attached hydrogen (secondary N) is 1. The second-order valence-corrected chi connectivity index (χ2v) is 10.3. The predicted octanol–water partition coefficient (Wildman–Crippen LogP) is 3.76. The van der Waals surface area contributed by atoms with Crippen molar-refractivity contribution in [1.29, 1.82) is 0 Å². The molecular formula is C25H31N7O2S. The highest BCUT2D eigenvalue weighted by molar-refractivity contribution is 7.13. The third-order valence-corrected chi connectivity index (χ3v) is 7.84. The van der Waals surface area contributed by atoms with Gasteiger partial charge < -0.3 is 10.2 Å². The van der Waals surface area contributed by atoms with E-state index >= 15 is 0 Å². The van der Waals surface area contributed by atoms with Crippen LogP contribution in [0.25, 0.3) is 10.7 Å². The van der Waals surface area contributed by atoms with E-state index in [9.17, 15) is 9.59 Å². The van der Waals surface area contributed by atoms with Crippen molar-refractivity contribution in [3.63, 3.8) is 0 Å². The highest BCUT2D eigenvalue weighted by Gasteiger charge is 2.38. The molecule has 2 aliphatic carbocycles. The number of pyridine rings is 1. The van der Waals surface area contributed by atoms with Gasteiger partial charge in [-0.15, -0.1) is 21.5 Å². The fraction of sp³-hybridized carbons (Fsp3) is 0.520. The summed E-state index contributed by atoms with van der Waals surface area (Å²) in [6.07, 6.45) is 12.7. The molecule has 2 saturated carbocycles. The third kappa shape index (κ3) is 5.58. The molecule has 2 aliphatic rings. The topological polar surface area (TPSA) is 106 Å². The zero-order chi connectivity index (χ0) is 24.0. The molecule has 2 fully saturated rings. The number of rotatable bonds is 8. The minimum Gasteiger partial charge on any atom is -0.351 e. The number of amides is 2. The van der Waals surface area contributed by atoms with Crippen molar-refractivity contribution in [2.45, 2.75) is 82.5 Å². The van der Waals surface area contributed by atoms with Crippen LogP contribution < -0.4 is 5.32 Å². The van der Waals surface area contributed by atoms with Crippen molar-refractivity contribution >= 4 is 23.2 Å². The van der Waals surface area contributed by atoms with Gasteiger partial charge in [0.2, 0.25) is 17.6 Å². The van der Waals surface area contributed by atoms with Crippen LogP contribution in [-0.4, -0.2) is 54.0 Å². The van der Waals surface area contributed by atoms with E-state index in [1.54, 1.807) is 17.3 Å². The fourth-order valence-electron chi connectivity index (χ4n) is 5.27. The van der Waals surface area contributed by atoms with Crippen LogP contribution in [0.2, 0.25) is 0 Å². The second kappa shape index (κ2) is 11.1. The standard InChI is InChI=1S/C25H31N7O2S/c33-22(17-31-29-24(28-30-31)21-11-6-16-35-21)32(20-9-4-5-10-20)23(18-12-14-26-15-13-18)25(34)27-19-7-2-1-3-8-19/h6,11-16,19-20,23H,1-5,7-10,17H2,(H,27,34)/t23-/m0/s1. The van der Waals surface area contributed by atoms with Gasteiger partial charge in [0, 0.05) is 24.5 Å². The number of tetrazole rings is 1. The quantitative estimate of drug-likeness (QED) is 0.512. The number of nitrogens with zero attached hydrogens (tertiary/aromatic N) is 6. The van der Waals surface area contributed by atoms with Crippen LogP contribution in [0.4, 0.5) is 0 Å². The summed E-state index contributed by atoms with van der Waals surface area (Å²) in [6, 6.07) is 6.97. The second-order valence-electron chi connectivity index (χ2n) is 9.39. The summed E-state index contributed by atoms with van der Waals surface area (Å²) in [5.74, 6) is 0.211. The Labute approximate surface area is 208 Å². The largest absolute Gasteiger partial charge is 0.351 e. The summed E-state index contributed by atoms with van der Waals surface area (Å²) in [7, 11) is 0. The minimum absolute atomic E-state index is 0.00180. The smallest absolute Gasteiger partial charge is 0.247 e. The number of carbonyl (C=O) groups is 2. The number of hydrogen-bond acceptors (Lipinski definition) is 7. The summed E-state index contributed by atoms with van der Waals surface area (Å²) < 4.78 is 0. The lowest BCUT2D eigenvalue weighted by Crippen LogP contribution is -2.51. The van der Waals surface area contributed by atoms with Gasteiger partial charge in [-0.3, -0.25) is 14.6 Å². The molecule has 3 heterocycles. The Balaban J connectivity index is 1.42. The van der Waals surface area contributed by atoms with E-state index in [1.165, 1.54) is 22.6 Å². The monoisotopic (exact) mass is 493 g/mol. The Morgan fingerprint density at radius 1 is 1.06 bits per heavy atom. The van der Waals surface area contributed by atoms with Crippen molar-refractivity contribution < 1.29 is 9.59 Å². The van der Waals surface area contributed by atoms with Gasteiger partial charge in [0.1, 0.15) is 12.6 Å². The first-order valence-corrected chi connectivity index (χ1v) is 13.4. The van der Waals surface area contributed by atoms with E-state index in [4.69, 9.17) is 0 Å². The molecular weight excluding hydrogens is 462 g/mol. The molecule has 0 spiro atoms. The number of thiophene rings is 1. The van der Waals surface area contributed by atoms with Crippen molar-refractivity contribution in [2.75, 3.05) is 0 Å². The van der Waals surface area contributed by atoms with E-state index in [2.05, 4.69) is 25.7 Å². The third-order valence-electron chi connectivity index (χ3n) is 6.98. The molecule has 35 heavy (non-hydrogen) atoms. The zero-order valence-electron chi connectivity index (χ0n) is 19.8.